The highest BCUT2D eigenvalue weighted by atomic mass is 32.2. The molecule has 3 heterocycles. The van der Waals surface area contributed by atoms with Crippen molar-refractivity contribution in [1.29, 1.82) is 0 Å². The molecule has 0 radical (unpaired) electrons. The first-order valence-corrected chi connectivity index (χ1v) is 8.75. The highest BCUT2D eigenvalue weighted by Gasteiger charge is 2.39. The summed E-state index contributed by atoms with van der Waals surface area (Å²) in [5.41, 5.74) is 0.0855. The summed E-state index contributed by atoms with van der Waals surface area (Å²) in [6.45, 7) is 5.08. The maximum Gasteiger partial charge on any atom is 0.157 e. The van der Waals surface area contributed by atoms with E-state index in [2.05, 4.69) is 18.9 Å². The van der Waals surface area contributed by atoms with Gasteiger partial charge in [0, 0.05) is 18.9 Å². The van der Waals surface area contributed by atoms with Crippen LogP contribution in [0.4, 0.5) is 0 Å². The molecule has 0 amide bonds. The predicted molar refractivity (Wildman–Crippen MR) is 81.5 cm³/mol. The van der Waals surface area contributed by atoms with Crippen molar-refractivity contribution >= 4 is 11.8 Å². The molecule has 1 aromatic rings. The molecule has 2 saturated heterocycles. The molecule has 1 unspecified atom stereocenters. The van der Waals surface area contributed by atoms with Gasteiger partial charge in [-0.1, -0.05) is 0 Å². The molecule has 1 atom stereocenters. The van der Waals surface area contributed by atoms with Crippen molar-refractivity contribution in [2.75, 3.05) is 18.1 Å². The molecule has 3 rings (SSSR count). The van der Waals surface area contributed by atoms with Gasteiger partial charge in [-0.25, -0.2) is 0 Å². The van der Waals surface area contributed by atoms with E-state index in [9.17, 15) is 0 Å². The van der Waals surface area contributed by atoms with Crippen LogP contribution in [0, 0.1) is 0 Å². The second-order valence-corrected chi connectivity index (χ2v) is 7.35. The van der Waals surface area contributed by atoms with Crippen LogP contribution in [0.1, 0.15) is 45.6 Å². The van der Waals surface area contributed by atoms with Gasteiger partial charge in [-0.2, -0.15) is 16.9 Å². The Kier molecular flexibility index (Phi) is 4.26. The number of rotatable bonds is 3. The fraction of sp³-hybridized carbons (Fsp3) is 0.800. The van der Waals surface area contributed by atoms with Gasteiger partial charge in [0.2, 0.25) is 0 Å². The number of hydrogen-bond acceptors (Lipinski definition) is 4. The summed E-state index contributed by atoms with van der Waals surface area (Å²) in [7, 11) is 0. The van der Waals surface area contributed by atoms with E-state index in [0.717, 1.165) is 25.2 Å². The Balaban J connectivity index is 1.61. The van der Waals surface area contributed by atoms with Gasteiger partial charge >= 0.3 is 0 Å². The second kappa shape index (κ2) is 5.98. The molecule has 0 bridgehead atoms. The highest BCUT2D eigenvalue weighted by Crippen LogP contribution is 2.38. The summed E-state index contributed by atoms with van der Waals surface area (Å²) in [4.78, 5) is 0. The summed E-state index contributed by atoms with van der Waals surface area (Å²) >= 11 is 2.04. The molecule has 0 saturated carbocycles. The van der Waals surface area contributed by atoms with Gasteiger partial charge in [-0.15, -0.1) is 0 Å². The maximum atomic E-state index is 6.14. The molecule has 2 aliphatic rings. The van der Waals surface area contributed by atoms with Gasteiger partial charge in [-0.3, -0.25) is 4.68 Å². The first-order chi connectivity index (χ1) is 9.67. The Bertz CT molecular complexity index is 435. The second-order valence-electron chi connectivity index (χ2n) is 6.13. The number of hydrogen-bond donors (Lipinski definition) is 0. The molecular formula is C15H24N2O2S. The molecule has 0 aliphatic carbocycles. The van der Waals surface area contributed by atoms with Crippen LogP contribution in [0.15, 0.2) is 12.4 Å². The van der Waals surface area contributed by atoms with E-state index < -0.39 is 0 Å². The number of thioether (sulfide) groups is 1. The van der Waals surface area contributed by atoms with Gasteiger partial charge in [0.15, 0.2) is 5.75 Å². The lowest BCUT2D eigenvalue weighted by Gasteiger charge is -2.42. The van der Waals surface area contributed by atoms with E-state index in [1.54, 1.807) is 0 Å². The first-order valence-electron chi connectivity index (χ1n) is 7.59. The number of nitrogens with zero attached hydrogens (tertiary/aromatic N) is 2. The lowest BCUT2D eigenvalue weighted by Crippen LogP contribution is -2.46. The minimum Gasteiger partial charge on any atom is -0.487 e. The Hall–Kier alpha value is -0.680. The summed E-state index contributed by atoms with van der Waals surface area (Å²) in [6.07, 6.45) is 8.47. The summed E-state index contributed by atoms with van der Waals surface area (Å²) in [5, 5.41) is 4.34. The predicted octanol–water partition coefficient (Wildman–Crippen LogP) is 3.29. The summed E-state index contributed by atoms with van der Waals surface area (Å²) in [6, 6.07) is 0.378. The van der Waals surface area contributed by atoms with E-state index in [0.29, 0.717) is 6.04 Å². The van der Waals surface area contributed by atoms with Crippen molar-refractivity contribution in [3.05, 3.63) is 12.4 Å². The Morgan fingerprint density at radius 3 is 2.95 bits per heavy atom. The molecule has 20 heavy (non-hydrogen) atoms. The minimum absolute atomic E-state index is 0.0855. The van der Waals surface area contributed by atoms with Crippen molar-refractivity contribution in [2.24, 2.45) is 0 Å². The van der Waals surface area contributed by atoms with Crippen LogP contribution >= 0.6 is 11.8 Å². The standard InChI is InChI=1S/C15H24N2O2S/c1-12(2)17-11-14(10-16-17)19-13-3-6-18-15(9-13)4-7-20-8-5-15/h10-13H,3-9H2,1-2H3. The number of ether oxygens (including phenoxy) is 2. The molecule has 2 fully saturated rings. The molecule has 112 valence electrons. The maximum absolute atomic E-state index is 6.14. The zero-order valence-electron chi connectivity index (χ0n) is 12.4. The van der Waals surface area contributed by atoms with Gasteiger partial charge in [-0.05, 0) is 38.2 Å². The lowest BCUT2D eigenvalue weighted by molar-refractivity contribution is -0.116. The SMILES string of the molecule is CC(C)n1cc(OC2CCOC3(CCSCC3)C2)cn1. The van der Waals surface area contributed by atoms with Crippen molar-refractivity contribution in [1.82, 2.24) is 9.78 Å². The Morgan fingerprint density at radius 2 is 2.25 bits per heavy atom. The fourth-order valence-electron chi connectivity index (χ4n) is 3.03. The van der Waals surface area contributed by atoms with Crippen LogP contribution < -0.4 is 4.74 Å². The first kappa shape index (κ1) is 14.3. The highest BCUT2D eigenvalue weighted by molar-refractivity contribution is 7.99. The van der Waals surface area contributed by atoms with Crippen molar-refractivity contribution in [3.8, 4) is 5.75 Å². The quantitative estimate of drug-likeness (QED) is 0.857. The molecule has 1 spiro atoms. The smallest absolute Gasteiger partial charge is 0.157 e. The van der Waals surface area contributed by atoms with Crippen LogP contribution in [0.25, 0.3) is 0 Å². The normalized spacial score (nSPS) is 26.1. The third-order valence-electron chi connectivity index (χ3n) is 4.26. The molecular weight excluding hydrogens is 272 g/mol. The van der Waals surface area contributed by atoms with Crippen LogP contribution in [-0.2, 0) is 4.74 Å². The van der Waals surface area contributed by atoms with Crippen LogP contribution in [-0.4, -0.2) is 39.6 Å². The van der Waals surface area contributed by atoms with Gasteiger partial charge in [0.05, 0.1) is 24.6 Å². The van der Waals surface area contributed by atoms with Crippen molar-refractivity contribution < 1.29 is 9.47 Å². The zero-order chi connectivity index (χ0) is 14.0. The van der Waals surface area contributed by atoms with E-state index in [1.807, 2.05) is 28.8 Å². The summed E-state index contributed by atoms with van der Waals surface area (Å²) < 4.78 is 14.2. The van der Waals surface area contributed by atoms with Gasteiger partial charge in [0.1, 0.15) is 6.10 Å². The van der Waals surface area contributed by atoms with Crippen molar-refractivity contribution in [3.63, 3.8) is 0 Å². The van der Waals surface area contributed by atoms with Crippen molar-refractivity contribution in [2.45, 2.75) is 57.3 Å². The molecule has 0 aromatic carbocycles. The van der Waals surface area contributed by atoms with Crippen LogP contribution in [0.2, 0.25) is 0 Å². The topological polar surface area (TPSA) is 36.3 Å². The average Bonchev–Trinajstić information content (AvgIpc) is 2.88. The Morgan fingerprint density at radius 1 is 1.45 bits per heavy atom. The molecule has 4 nitrogen and oxygen atoms in total. The molecule has 5 heteroatoms. The van der Waals surface area contributed by atoms with E-state index in [-0.39, 0.29) is 11.7 Å². The third kappa shape index (κ3) is 3.14. The lowest BCUT2D eigenvalue weighted by atomic mass is 9.86. The van der Waals surface area contributed by atoms with Gasteiger partial charge < -0.3 is 9.47 Å². The Labute approximate surface area is 125 Å². The van der Waals surface area contributed by atoms with E-state index >= 15 is 0 Å². The van der Waals surface area contributed by atoms with Gasteiger partial charge in [0.25, 0.3) is 0 Å². The summed E-state index contributed by atoms with van der Waals surface area (Å²) in [5.74, 6) is 3.33. The van der Waals surface area contributed by atoms with Crippen LogP contribution in [0.5, 0.6) is 5.75 Å². The minimum atomic E-state index is 0.0855. The largest absolute Gasteiger partial charge is 0.487 e. The fourth-order valence-corrected chi connectivity index (χ4v) is 4.27. The monoisotopic (exact) mass is 296 g/mol. The number of aromatic nitrogens is 2. The molecule has 0 N–H and O–H groups in total. The van der Waals surface area contributed by atoms with E-state index in [4.69, 9.17) is 9.47 Å². The van der Waals surface area contributed by atoms with Crippen LogP contribution in [0.3, 0.4) is 0 Å². The average molecular weight is 296 g/mol. The third-order valence-corrected chi connectivity index (χ3v) is 5.25. The molecule has 2 aliphatic heterocycles. The van der Waals surface area contributed by atoms with E-state index in [1.165, 1.54) is 24.3 Å². The molecule has 1 aromatic heterocycles. The zero-order valence-corrected chi connectivity index (χ0v) is 13.2.